The molecule has 3 aromatic rings. The van der Waals surface area contributed by atoms with E-state index in [9.17, 15) is 0 Å². The number of ether oxygens (including phenoxy) is 1. The minimum absolute atomic E-state index is 0.442. The first-order chi connectivity index (χ1) is 19.1. The molecule has 4 heterocycles. The molecule has 39 heavy (non-hydrogen) atoms. The molecule has 2 aliphatic rings. The lowest BCUT2D eigenvalue weighted by molar-refractivity contribution is 0.122. The van der Waals surface area contributed by atoms with Crippen LogP contribution in [0.15, 0.2) is 48.9 Å². The Labute approximate surface area is 234 Å². The second-order valence-electron chi connectivity index (χ2n) is 9.65. The number of hydrogen-bond donors (Lipinski definition) is 3. The molecule has 0 aliphatic carbocycles. The van der Waals surface area contributed by atoms with E-state index in [2.05, 4.69) is 73.1 Å². The van der Waals surface area contributed by atoms with Gasteiger partial charge in [0.1, 0.15) is 11.6 Å². The highest BCUT2D eigenvalue weighted by atomic mass is 16.5. The number of nitrogens with zero attached hydrogens (tertiary/aromatic N) is 5. The third kappa shape index (κ3) is 9.16. The lowest BCUT2D eigenvalue weighted by atomic mass is 10.0. The molecule has 2 saturated heterocycles. The quantitative estimate of drug-likeness (QED) is 0.413. The Morgan fingerprint density at radius 1 is 0.846 bits per heavy atom. The summed E-state index contributed by atoms with van der Waals surface area (Å²) in [5.41, 5.74) is 5.47. The summed E-state index contributed by atoms with van der Waals surface area (Å²) in [5, 5.41) is 9.86. The van der Waals surface area contributed by atoms with Crippen molar-refractivity contribution >= 4 is 23.0 Å². The van der Waals surface area contributed by atoms with Crippen molar-refractivity contribution < 1.29 is 4.74 Å². The molecule has 0 spiro atoms. The molecule has 9 heteroatoms. The first-order valence-electron chi connectivity index (χ1n) is 14.1. The Kier molecular flexibility index (Phi) is 12.4. The van der Waals surface area contributed by atoms with Gasteiger partial charge in [-0.25, -0.2) is 9.97 Å². The summed E-state index contributed by atoms with van der Waals surface area (Å²) in [7, 11) is 5.94. The topological polar surface area (TPSA) is 90.5 Å². The van der Waals surface area contributed by atoms with Crippen molar-refractivity contribution in [1.29, 1.82) is 0 Å². The average Bonchev–Trinajstić information content (AvgIpc) is 2.98. The zero-order valence-electron chi connectivity index (χ0n) is 24.5. The van der Waals surface area contributed by atoms with E-state index in [1.807, 2.05) is 41.1 Å². The normalized spacial score (nSPS) is 15.9. The molecule has 0 saturated carbocycles. The molecule has 0 radical (unpaired) electrons. The van der Waals surface area contributed by atoms with Gasteiger partial charge in [0.05, 0.1) is 31.3 Å². The summed E-state index contributed by atoms with van der Waals surface area (Å²) in [6, 6.07) is 11.3. The fourth-order valence-corrected chi connectivity index (χ4v) is 4.51. The molecule has 3 N–H and O–H groups in total. The molecule has 0 bridgehead atoms. The Hall–Kier alpha value is -3.27. The third-order valence-corrected chi connectivity index (χ3v) is 6.57. The number of nitrogens with one attached hydrogen (secondary N) is 3. The molecular weight excluding hydrogens is 488 g/mol. The van der Waals surface area contributed by atoms with Crippen LogP contribution in [0.25, 0.3) is 11.1 Å². The molecule has 0 unspecified atom stereocenters. The number of benzene rings is 1. The van der Waals surface area contributed by atoms with Crippen molar-refractivity contribution in [3.8, 4) is 11.1 Å². The fraction of sp³-hybridized carbons (Fsp3) is 0.500. The van der Waals surface area contributed by atoms with Crippen LogP contribution in [0.2, 0.25) is 0 Å². The van der Waals surface area contributed by atoms with Gasteiger partial charge in [-0.05, 0) is 71.7 Å². The van der Waals surface area contributed by atoms with Crippen LogP contribution in [-0.2, 0) is 4.74 Å². The van der Waals surface area contributed by atoms with Crippen molar-refractivity contribution in [3.63, 3.8) is 0 Å². The molecule has 2 aliphatic heterocycles. The summed E-state index contributed by atoms with van der Waals surface area (Å²) >= 11 is 0. The Morgan fingerprint density at radius 2 is 1.49 bits per heavy atom. The van der Waals surface area contributed by atoms with Crippen LogP contribution in [0.4, 0.5) is 23.0 Å². The van der Waals surface area contributed by atoms with Gasteiger partial charge in [0.25, 0.3) is 0 Å². The Morgan fingerprint density at radius 3 is 2.10 bits per heavy atom. The second kappa shape index (κ2) is 16.0. The van der Waals surface area contributed by atoms with Crippen molar-refractivity contribution in [2.24, 2.45) is 0 Å². The van der Waals surface area contributed by atoms with Crippen LogP contribution >= 0.6 is 0 Å². The number of piperidine rings is 1. The fourth-order valence-electron chi connectivity index (χ4n) is 4.51. The van der Waals surface area contributed by atoms with Crippen molar-refractivity contribution in [1.82, 2.24) is 25.2 Å². The highest BCUT2D eigenvalue weighted by Crippen LogP contribution is 2.33. The van der Waals surface area contributed by atoms with Crippen LogP contribution in [0.3, 0.4) is 0 Å². The maximum Gasteiger partial charge on any atom is 0.150 e. The Bertz CT molecular complexity index is 1090. The van der Waals surface area contributed by atoms with Gasteiger partial charge < -0.3 is 30.5 Å². The number of hydrogen-bond acceptors (Lipinski definition) is 9. The monoisotopic (exact) mass is 534 g/mol. The average molecular weight is 535 g/mol. The van der Waals surface area contributed by atoms with Gasteiger partial charge in [-0.3, -0.25) is 4.98 Å². The number of rotatable bonds is 6. The highest BCUT2D eigenvalue weighted by molar-refractivity contribution is 5.80. The van der Waals surface area contributed by atoms with Crippen molar-refractivity contribution in [2.75, 3.05) is 76.1 Å². The van der Waals surface area contributed by atoms with Crippen molar-refractivity contribution in [2.45, 2.75) is 39.7 Å². The minimum Gasteiger partial charge on any atom is -0.382 e. The van der Waals surface area contributed by atoms with Crippen LogP contribution in [0.5, 0.6) is 0 Å². The van der Waals surface area contributed by atoms with Crippen LogP contribution in [-0.4, -0.2) is 86.4 Å². The molecule has 0 atom stereocenters. The number of pyridine rings is 1. The molecule has 2 fully saturated rings. The van der Waals surface area contributed by atoms with Crippen LogP contribution in [0, 0.1) is 6.92 Å². The number of likely N-dealkylation sites (tertiary alicyclic amines) is 1. The smallest absolute Gasteiger partial charge is 0.150 e. The van der Waals surface area contributed by atoms with Gasteiger partial charge in [0.2, 0.25) is 0 Å². The molecule has 1 aromatic carbocycles. The number of morpholine rings is 1. The van der Waals surface area contributed by atoms with Gasteiger partial charge in [0, 0.05) is 48.3 Å². The highest BCUT2D eigenvalue weighted by Gasteiger charge is 2.19. The van der Waals surface area contributed by atoms with E-state index in [1.54, 1.807) is 12.4 Å². The van der Waals surface area contributed by atoms with Gasteiger partial charge in [-0.15, -0.1) is 0 Å². The molecule has 0 amide bonds. The van der Waals surface area contributed by atoms with E-state index in [0.717, 1.165) is 80.6 Å². The summed E-state index contributed by atoms with van der Waals surface area (Å²) in [5.74, 6) is 1.44. The first-order valence-corrected chi connectivity index (χ1v) is 14.1. The zero-order chi connectivity index (χ0) is 28.0. The predicted molar refractivity (Wildman–Crippen MR) is 163 cm³/mol. The molecule has 9 nitrogen and oxygen atoms in total. The Balaban J connectivity index is 0.000000787. The second-order valence-corrected chi connectivity index (χ2v) is 9.65. The van der Waals surface area contributed by atoms with Gasteiger partial charge in [-0.1, -0.05) is 26.0 Å². The molecular formula is C30H46N8O. The van der Waals surface area contributed by atoms with E-state index in [1.165, 1.54) is 5.69 Å². The maximum atomic E-state index is 5.49. The van der Waals surface area contributed by atoms with Crippen LogP contribution in [0.1, 0.15) is 32.4 Å². The van der Waals surface area contributed by atoms with Crippen LogP contribution < -0.4 is 20.9 Å². The lowest BCUT2D eigenvalue weighted by Crippen LogP contribution is -2.36. The molecule has 212 valence electrons. The van der Waals surface area contributed by atoms with Gasteiger partial charge in [-0.2, -0.15) is 0 Å². The minimum atomic E-state index is 0.442. The molecule has 5 rings (SSSR count). The largest absolute Gasteiger partial charge is 0.382 e. The first kappa shape index (κ1) is 30.3. The van der Waals surface area contributed by atoms with E-state index < -0.39 is 0 Å². The maximum absolute atomic E-state index is 5.49. The SMILES string of the molecule is CC.CNC.Cc1cnc(Nc2cc(NC3CCN(C)CC3)c(-c3ccc(N4CCOCC4)cc3)cn2)cn1. The third-order valence-electron chi connectivity index (χ3n) is 6.57. The predicted octanol–water partition coefficient (Wildman–Crippen LogP) is 4.80. The summed E-state index contributed by atoms with van der Waals surface area (Å²) in [6.07, 6.45) is 7.69. The molecule has 2 aromatic heterocycles. The van der Waals surface area contributed by atoms with E-state index in [4.69, 9.17) is 9.72 Å². The van der Waals surface area contributed by atoms with E-state index in [0.29, 0.717) is 11.9 Å². The number of anilines is 4. The van der Waals surface area contributed by atoms with Gasteiger partial charge in [0.15, 0.2) is 0 Å². The number of aromatic nitrogens is 3. The lowest BCUT2D eigenvalue weighted by Gasteiger charge is -2.31. The van der Waals surface area contributed by atoms with Gasteiger partial charge >= 0.3 is 0 Å². The van der Waals surface area contributed by atoms with E-state index >= 15 is 0 Å². The number of aryl methyl sites for hydroxylation is 1. The summed E-state index contributed by atoms with van der Waals surface area (Å²) in [4.78, 5) is 18.2. The summed E-state index contributed by atoms with van der Waals surface area (Å²) in [6.45, 7) is 11.6. The standard InChI is InChI=1S/C26H33N7O.C2H7N.C2H6/c1-19-16-28-26(18-27-19)31-25-15-24(30-21-7-9-32(2)10-8-21)23(17-29-25)20-3-5-22(6-4-20)33-11-13-34-14-12-33;1-3-2;1-2/h3-6,15-18,21H,7-14H2,1-2H3,(H2,28,29,30,31);3H,1-2H3;1-2H3. The van der Waals surface area contributed by atoms with Crippen molar-refractivity contribution in [3.05, 3.63) is 54.6 Å². The zero-order valence-corrected chi connectivity index (χ0v) is 24.5. The van der Waals surface area contributed by atoms with E-state index in [-0.39, 0.29) is 0 Å². The summed E-state index contributed by atoms with van der Waals surface area (Å²) < 4.78 is 5.49.